The van der Waals surface area contributed by atoms with E-state index in [0.717, 1.165) is 11.3 Å². The first-order valence-corrected chi connectivity index (χ1v) is 8.09. The van der Waals surface area contributed by atoms with Crippen LogP contribution in [-0.4, -0.2) is 41.0 Å². The van der Waals surface area contributed by atoms with Gasteiger partial charge in [0, 0.05) is 25.7 Å². The lowest BCUT2D eigenvalue weighted by Gasteiger charge is -2.18. The van der Waals surface area contributed by atoms with Crippen molar-refractivity contribution in [3.8, 4) is 5.75 Å². The Morgan fingerprint density at radius 1 is 1.17 bits per heavy atom. The van der Waals surface area contributed by atoms with Crippen LogP contribution >= 0.6 is 0 Å². The summed E-state index contributed by atoms with van der Waals surface area (Å²) in [5, 5.41) is 3.25. The highest BCUT2D eigenvalue weighted by Crippen LogP contribution is 2.14. The molecule has 0 radical (unpaired) electrons. The van der Waals surface area contributed by atoms with E-state index in [2.05, 4.69) is 15.3 Å². The molecule has 24 heavy (non-hydrogen) atoms. The first kappa shape index (κ1) is 17.7. The number of nitrogens with one attached hydrogen (secondary N) is 1. The molecule has 0 saturated carbocycles. The lowest BCUT2D eigenvalue weighted by Crippen LogP contribution is -2.31. The summed E-state index contributed by atoms with van der Waals surface area (Å²) in [5.74, 6) is 1.97. The molecular weight excluding hydrogens is 304 g/mol. The largest absolute Gasteiger partial charge is 0.497 e. The van der Waals surface area contributed by atoms with Gasteiger partial charge in [-0.05, 0) is 38.5 Å². The van der Waals surface area contributed by atoms with Crippen molar-refractivity contribution in [2.24, 2.45) is 0 Å². The maximum Gasteiger partial charge on any atom is 0.272 e. The monoisotopic (exact) mass is 328 g/mol. The highest BCUT2D eigenvalue weighted by molar-refractivity contribution is 5.93. The second-order valence-corrected chi connectivity index (χ2v) is 5.36. The van der Waals surface area contributed by atoms with Gasteiger partial charge in [0.15, 0.2) is 0 Å². The topological polar surface area (TPSA) is 67.4 Å². The minimum absolute atomic E-state index is 0.0713. The van der Waals surface area contributed by atoms with Crippen LogP contribution in [-0.2, 0) is 6.54 Å². The number of carbonyl (C=O) groups excluding carboxylic acids is 1. The molecule has 2 rings (SSSR count). The average molecular weight is 328 g/mol. The Balaban J connectivity index is 2.11. The number of hydrogen-bond donors (Lipinski definition) is 1. The molecule has 0 aliphatic heterocycles. The van der Waals surface area contributed by atoms with Crippen LogP contribution in [0.25, 0.3) is 0 Å². The summed E-state index contributed by atoms with van der Waals surface area (Å²) < 4.78 is 5.15. The molecule has 2 aromatic rings. The third-order valence-electron chi connectivity index (χ3n) is 3.74. The molecule has 6 heteroatoms. The zero-order chi connectivity index (χ0) is 17.5. The predicted molar refractivity (Wildman–Crippen MR) is 94.3 cm³/mol. The lowest BCUT2D eigenvalue weighted by molar-refractivity contribution is 0.0766. The van der Waals surface area contributed by atoms with Crippen molar-refractivity contribution in [3.05, 3.63) is 47.4 Å². The van der Waals surface area contributed by atoms with Gasteiger partial charge in [0.2, 0.25) is 0 Å². The molecular formula is C18H24N4O2. The molecule has 0 saturated heterocycles. The number of aryl methyl sites for hydroxylation is 1. The number of methoxy groups -OCH3 is 1. The molecule has 1 aromatic heterocycles. The fraction of sp³-hybridized carbons (Fsp3) is 0.389. The summed E-state index contributed by atoms with van der Waals surface area (Å²) in [4.78, 5) is 22.8. The van der Waals surface area contributed by atoms with Crippen molar-refractivity contribution in [1.82, 2.24) is 14.9 Å². The van der Waals surface area contributed by atoms with Gasteiger partial charge in [0.05, 0.1) is 7.11 Å². The predicted octanol–water partition coefficient (Wildman–Crippen LogP) is 2.89. The summed E-state index contributed by atoms with van der Waals surface area (Å²) in [5.41, 5.74) is 1.52. The molecule has 0 spiro atoms. The van der Waals surface area contributed by atoms with Gasteiger partial charge in [0.1, 0.15) is 23.1 Å². The smallest absolute Gasteiger partial charge is 0.272 e. The van der Waals surface area contributed by atoms with Gasteiger partial charge < -0.3 is 15.0 Å². The number of rotatable bonds is 7. The van der Waals surface area contributed by atoms with Crippen LogP contribution in [0.15, 0.2) is 30.3 Å². The molecule has 0 fully saturated rings. The quantitative estimate of drug-likeness (QED) is 0.846. The van der Waals surface area contributed by atoms with Crippen molar-refractivity contribution < 1.29 is 9.53 Å². The van der Waals surface area contributed by atoms with Crippen molar-refractivity contribution in [3.63, 3.8) is 0 Å². The van der Waals surface area contributed by atoms with Crippen molar-refractivity contribution in [1.29, 1.82) is 0 Å². The standard InChI is InChI=1S/C18H24N4O2/c1-5-22(6-2)18(23)16-11-17(21-13(3)20-16)19-12-14-7-9-15(24-4)10-8-14/h7-11H,5-6,12H2,1-4H3,(H,19,20,21). The van der Waals surface area contributed by atoms with Crippen molar-refractivity contribution in [2.75, 3.05) is 25.5 Å². The molecule has 1 amide bonds. The first-order chi connectivity index (χ1) is 11.6. The number of aromatic nitrogens is 2. The van der Waals surface area contributed by atoms with Gasteiger partial charge in [-0.2, -0.15) is 0 Å². The van der Waals surface area contributed by atoms with Gasteiger partial charge in [-0.1, -0.05) is 12.1 Å². The summed E-state index contributed by atoms with van der Waals surface area (Å²) >= 11 is 0. The van der Waals surface area contributed by atoms with E-state index < -0.39 is 0 Å². The second kappa shape index (κ2) is 8.29. The first-order valence-electron chi connectivity index (χ1n) is 8.09. The van der Waals surface area contributed by atoms with Crippen LogP contribution in [0.1, 0.15) is 35.7 Å². The van der Waals surface area contributed by atoms with Crippen LogP contribution in [0.3, 0.4) is 0 Å². The van der Waals surface area contributed by atoms with Gasteiger partial charge in [0.25, 0.3) is 5.91 Å². The average Bonchev–Trinajstić information content (AvgIpc) is 2.61. The van der Waals surface area contributed by atoms with E-state index >= 15 is 0 Å². The maximum atomic E-state index is 12.5. The highest BCUT2D eigenvalue weighted by Gasteiger charge is 2.15. The lowest BCUT2D eigenvalue weighted by atomic mass is 10.2. The molecule has 128 valence electrons. The number of nitrogens with zero attached hydrogens (tertiary/aromatic N) is 3. The summed E-state index contributed by atoms with van der Waals surface area (Å²) in [6, 6.07) is 9.51. The van der Waals surface area contributed by atoms with Crippen LogP contribution in [0, 0.1) is 6.92 Å². The third kappa shape index (κ3) is 4.44. The van der Waals surface area contributed by atoms with Gasteiger partial charge >= 0.3 is 0 Å². The van der Waals surface area contributed by atoms with E-state index in [1.807, 2.05) is 38.1 Å². The Morgan fingerprint density at radius 3 is 2.42 bits per heavy atom. The fourth-order valence-electron chi connectivity index (χ4n) is 2.38. The summed E-state index contributed by atoms with van der Waals surface area (Å²) in [6.07, 6.45) is 0. The molecule has 0 atom stereocenters. The Hall–Kier alpha value is -2.63. The number of ether oxygens (including phenoxy) is 1. The number of benzene rings is 1. The molecule has 1 aromatic carbocycles. The zero-order valence-electron chi connectivity index (χ0n) is 14.7. The van der Waals surface area contributed by atoms with E-state index in [-0.39, 0.29) is 5.91 Å². The van der Waals surface area contributed by atoms with Crippen LogP contribution < -0.4 is 10.1 Å². The zero-order valence-corrected chi connectivity index (χ0v) is 14.7. The molecule has 0 aliphatic rings. The Morgan fingerprint density at radius 2 is 1.83 bits per heavy atom. The number of hydrogen-bond acceptors (Lipinski definition) is 5. The van der Waals surface area contributed by atoms with E-state index in [4.69, 9.17) is 4.74 Å². The minimum atomic E-state index is -0.0713. The van der Waals surface area contributed by atoms with Gasteiger partial charge in [-0.15, -0.1) is 0 Å². The highest BCUT2D eigenvalue weighted by atomic mass is 16.5. The maximum absolute atomic E-state index is 12.5. The normalized spacial score (nSPS) is 10.3. The third-order valence-corrected chi connectivity index (χ3v) is 3.74. The summed E-state index contributed by atoms with van der Waals surface area (Å²) in [6.45, 7) is 7.63. The molecule has 0 aliphatic carbocycles. The van der Waals surface area contributed by atoms with Crippen LogP contribution in [0.4, 0.5) is 5.82 Å². The number of amides is 1. The fourth-order valence-corrected chi connectivity index (χ4v) is 2.38. The second-order valence-electron chi connectivity index (χ2n) is 5.36. The Kier molecular flexibility index (Phi) is 6.12. The number of carbonyl (C=O) groups is 1. The van der Waals surface area contributed by atoms with Crippen LogP contribution in [0.2, 0.25) is 0 Å². The van der Waals surface area contributed by atoms with E-state index in [1.54, 1.807) is 25.0 Å². The van der Waals surface area contributed by atoms with E-state index in [1.165, 1.54) is 0 Å². The molecule has 6 nitrogen and oxygen atoms in total. The van der Waals surface area contributed by atoms with Crippen molar-refractivity contribution in [2.45, 2.75) is 27.3 Å². The minimum Gasteiger partial charge on any atom is -0.497 e. The Bertz CT molecular complexity index is 682. The number of anilines is 1. The van der Waals surface area contributed by atoms with Gasteiger partial charge in [-0.25, -0.2) is 9.97 Å². The molecule has 1 N–H and O–H groups in total. The van der Waals surface area contributed by atoms with E-state index in [9.17, 15) is 4.79 Å². The van der Waals surface area contributed by atoms with E-state index in [0.29, 0.717) is 37.0 Å². The molecule has 1 heterocycles. The van der Waals surface area contributed by atoms with Gasteiger partial charge in [-0.3, -0.25) is 4.79 Å². The molecule has 0 bridgehead atoms. The SMILES string of the molecule is CCN(CC)C(=O)c1cc(NCc2ccc(OC)cc2)nc(C)n1. The Labute approximate surface area is 142 Å². The molecule has 0 unspecified atom stereocenters. The summed E-state index contributed by atoms with van der Waals surface area (Å²) in [7, 11) is 1.64. The van der Waals surface area contributed by atoms with Crippen molar-refractivity contribution >= 4 is 11.7 Å². The van der Waals surface area contributed by atoms with Crippen LogP contribution in [0.5, 0.6) is 5.75 Å².